The Morgan fingerprint density at radius 1 is 1.53 bits per heavy atom. The number of nitrogens with zero attached hydrogens (tertiary/aromatic N) is 1. The fourth-order valence-electron chi connectivity index (χ4n) is 2.44. The van der Waals surface area contributed by atoms with Gasteiger partial charge >= 0.3 is 0 Å². The second-order valence-electron chi connectivity index (χ2n) is 5.19. The van der Waals surface area contributed by atoms with Crippen LogP contribution in [0.4, 0.5) is 10.1 Å². The Balaban J connectivity index is 2.22. The lowest BCUT2D eigenvalue weighted by atomic mass is 9.94. The first-order valence-electron chi connectivity index (χ1n) is 6.35. The molecule has 19 heavy (non-hydrogen) atoms. The van der Waals surface area contributed by atoms with Crippen LogP contribution in [-0.2, 0) is 4.74 Å². The van der Waals surface area contributed by atoms with Gasteiger partial charge in [0, 0.05) is 20.2 Å². The molecule has 1 saturated heterocycles. The second kappa shape index (κ2) is 5.17. The van der Waals surface area contributed by atoms with Crippen molar-refractivity contribution in [3.63, 3.8) is 0 Å². The monoisotopic (exact) mass is 266 g/mol. The van der Waals surface area contributed by atoms with Gasteiger partial charge in [0.15, 0.2) is 0 Å². The second-order valence-corrected chi connectivity index (χ2v) is 5.19. The lowest BCUT2D eigenvalue weighted by molar-refractivity contribution is -0.0439. The molecule has 1 aliphatic heterocycles. The van der Waals surface area contributed by atoms with Crippen molar-refractivity contribution in [3.8, 4) is 0 Å². The number of hydrogen-bond donors (Lipinski definition) is 1. The molecule has 1 heterocycles. The van der Waals surface area contributed by atoms with Crippen LogP contribution in [0.15, 0.2) is 18.2 Å². The molecule has 0 spiro atoms. The van der Waals surface area contributed by atoms with Crippen molar-refractivity contribution in [2.45, 2.75) is 25.4 Å². The van der Waals surface area contributed by atoms with Crippen molar-refractivity contribution in [3.05, 3.63) is 29.6 Å². The fourth-order valence-corrected chi connectivity index (χ4v) is 2.44. The topological polar surface area (TPSA) is 55.6 Å². The highest BCUT2D eigenvalue weighted by atomic mass is 19.1. The molecule has 0 radical (unpaired) electrons. The maximum absolute atomic E-state index is 13.4. The Kier molecular flexibility index (Phi) is 3.75. The fraction of sp³-hybridized carbons (Fsp3) is 0.500. The zero-order valence-electron chi connectivity index (χ0n) is 11.3. The van der Waals surface area contributed by atoms with Gasteiger partial charge < -0.3 is 15.4 Å². The summed E-state index contributed by atoms with van der Waals surface area (Å²) in [7, 11) is 1.64. The van der Waals surface area contributed by atoms with Crippen molar-refractivity contribution >= 4 is 11.6 Å². The number of piperidine rings is 1. The molecule has 2 N–H and O–H groups in total. The minimum atomic E-state index is -0.558. The lowest BCUT2D eigenvalue weighted by Crippen LogP contribution is -2.49. The molecule has 4 nitrogen and oxygen atoms in total. The molecule has 1 unspecified atom stereocenters. The Bertz CT molecular complexity index is 492. The number of carbonyl (C=O) groups excluding carboxylic acids is 1. The third kappa shape index (κ3) is 2.71. The Labute approximate surface area is 112 Å². The maximum atomic E-state index is 13.4. The highest BCUT2D eigenvalue weighted by Crippen LogP contribution is 2.26. The van der Waals surface area contributed by atoms with E-state index in [0.29, 0.717) is 13.1 Å². The van der Waals surface area contributed by atoms with Crippen LogP contribution >= 0.6 is 0 Å². The van der Waals surface area contributed by atoms with Gasteiger partial charge in [-0.15, -0.1) is 0 Å². The smallest absolute Gasteiger partial charge is 0.256 e. The van der Waals surface area contributed by atoms with Crippen molar-refractivity contribution in [1.29, 1.82) is 0 Å². The zero-order chi connectivity index (χ0) is 14.0. The molecule has 104 valence electrons. The molecule has 5 heteroatoms. The number of ether oxygens (including phenoxy) is 1. The number of nitrogens with two attached hydrogens (primary N) is 1. The number of halogens is 1. The molecule has 0 bridgehead atoms. The summed E-state index contributed by atoms with van der Waals surface area (Å²) >= 11 is 0. The molecule has 2 rings (SSSR count). The number of rotatable bonds is 2. The molecule has 0 aromatic heterocycles. The summed E-state index contributed by atoms with van der Waals surface area (Å²) in [5.74, 6) is -0.794. The summed E-state index contributed by atoms with van der Waals surface area (Å²) < 4.78 is 18.9. The average molecular weight is 266 g/mol. The highest BCUT2D eigenvalue weighted by Gasteiger charge is 2.33. The van der Waals surface area contributed by atoms with Crippen LogP contribution in [0, 0.1) is 5.82 Å². The number of benzene rings is 1. The van der Waals surface area contributed by atoms with Gasteiger partial charge in [-0.05, 0) is 31.9 Å². The summed E-state index contributed by atoms with van der Waals surface area (Å²) in [4.78, 5) is 14.1. The SMILES string of the molecule is COC1(C)CCCN(C(=O)c2cccc(F)c2N)C1. The van der Waals surface area contributed by atoms with E-state index in [0.717, 1.165) is 12.8 Å². The number of carbonyl (C=O) groups is 1. The Hall–Kier alpha value is -1.62. The summed E-state index contributed by atoms with van der Waals surface area (Å²) in [5, 5.41) is 0. The normalized spacial score (nSPS) is 23.4. The molecule has 0 aliphatic carbocycles. The number of anilines is 1. The van der Waals surface area contributed by atoms with Crippen LogP contribution in [0.2, 0.25) is 0 Å². The molecule has 1 aromatic carbocycles. The molecular weight excluding hydrogens is 247 g/mol. The van der Waals surface area contributed by atoms with Crippen LogP contribution in [-0.4, -0.2) is 36.6 Å². The highest BCUT2D eigenvalue weighted by molar-refractivity contribution is 5.99. The van der Waals surface area contributed by atoms with E-state index in [2.05, 4.69) is 0 Å². The minimum Gasteiger partial charge on any atom is -0.396 e. The average Bonchev–Trinajstić information content (AvgIpc) is 2.41. The van der Waals surface area contributed by atoms with E-state index >= 15 is 0 Å². The first kappa shape index (κ1) is 13.8. The van der Waals surface area contributed by atoms with E-state index in [-0.39, 0.29) is 22.8 Å². The Morgan fingerprint density at radius 2 is 2.26 bits per heavy atom. The lowest BCUT2D eigenvalue weighted by Gasteiger charge is -2.39. The van der Waals surface area contributed by atoms with Crippen molar-refractivity contribution in [2.24, 2.45) is 0 Å². The first-order valence-corrected chi connectivity index (χ1v) is 6.35. The van der Waals surface area contributed by atoms with E-state index in [1.165, 1.54) is 12.1 Å². The van der Waals surface area contributed by atoms with Crippen LogP contribution in [0.3, 0.4) is 0 Å². The number of methoxy groups -OCH3 is 1. The summed E-state index contributed by atoms with van der Waals surface area (Å²) in [6.45, 7) is 3.12. The van der Waals surface area contributed by atoms with Crippen molar-refractivity contribution in [1.82, 2.24) is 4.90 Å². The number of hydrogen-bond acceptors (Lipinski definition) is 3. The van der Waals surface area contributed by atoms with E-state index in [4.69, 9.17) is 10.5 Å². The van der Waals surface area contributed by atoms with Crippen LogP contribution in [0.25, 0.3) is 0 Å². The summed E-state index contributed by atoms with van der Waals surface area (Å²) in [5.41, 5.74) is 5.44. The van der Waals surface area contributed by atoms with Gasteiger partial charge in [-0.25, -0.2) is 4.39 Å². The van der Waals surface area contributed by atoms with E-state index in [1.807, 2.05) is 6.92 Å². The zero-order valence-corrected chi connectivity index (χ0v) is 11.3. The predicted molar refractivity (Wildman–Crippen MR) is 71.4 cm³/mol. The van der Waals surface area contributed by atoms with E-state index in [1.54, 1.807) is 18.1 Å². The first-order chi connectivity index (χ1) is 8.97. The third-order valence-corrected chi connectivity index (χ3v) is 3.72. The molecule has 1 atom stereocenters. The van der Waals surface area contributed by atoms with E-state index < -0.39 is 5.82 Å². The minimum absolute atomic E-state index is 0.0859. The predicted octanol–water partition coefficient (Wildman–Crippen LogP) is 2.05. The number of nitrogen functional groups attached to an aromatic ring is 1. The summed E-state index contributed by atoms with van der Waals surface area (Å²) in [6.07, 6.45) is 1.78. The van der Waals surface area contributed by atoms with E-state index in [9.17, 15) is 9.18 Å². The standard InChI is InChI=1S/C14H19FN2O2/c1-14(19-2)7-4-8-17(9-14)13(18)10-5-3-6-11(15)12(10)16/h3,5-6H,4,7-9,16H2,1-2H3. The van der Waals surface area contributed by atoms with Gasteiger partial charge in [0.1, 0.15) is 5.82 Å². The molecule has 1 amide bonds. The van der Waals surface area contributed by atoms with Crippen LogP contribution in [0.5, 0.6) is 0 Å². The largest absolute Gasteiger partial charge is 0.396 e. The molecule has 1 aromatic rings. The molecule has 0 saturated carbocycles. The maximum Gasteiger partial charge on any atom is 0.256 e. The van der Waals surface area contributed by atoms with Gasteiger partial charge in [0.05, 0.1) is 16.9 Å². The van der Waals surface area contributed by atoms with Gasteiger partial charge in [-0.3, -0.25) is 4.79 Å². The number of amides is 1. The van der Waals surface area contributed by atoms with Crippen LogP contribution < -0.4 is 5.73 Å². The molecule has 1 aliphatic rings. The van der Waals surface area contributed by atoms with Crippen LogP contribution in [0.1, 0.15) is 30.1 Å². The van der Waals surface area contributed by atoms with Gasteiger partial charge in [-0.1, -0.05) is 6.07 Å². The van der Waals surface area contributed by atoms with Crippen molar-refractivity contribution < 1.29 is 13.9 Å². The van der Waals surface area contributed by atoms with Gasteiger partial charge in [0.25, 0.3) is 5.91 Å². The van der Waals surface area contributed by atoms with Gasteiger partial charge in [0.2, 0.25) is 0 Å². The third-order valence-electron chi connectivity index (χ3n) is 3.72. The summed E-state index contributed by atoms with van der Waals surface area (Å²) in [6, 6.07) is 4.31. The number of likely N-dealkylation sites (tertiary alicyclic amines) is 1. The number of para-hydroxylation sites is 1. The molecular formula is C14H19FN2O2. The quantitative estimate of drug-likeness (QED) is 0.833. The van der Waals surface area contributed by atoms with Gasteiger partial charge in [-0.2, -0.15) is 0 Å². The van der Waals surface area contributed by atoms with Crippen molar-refractivity contribution in [2.75, 3.05) is 25.9 Å². The molecule has 1 fully saturated rings. The Morgan fingerprint density at radius 3 is 2.95 bits per heavy atom.